The second-order valence-corrected chi connectivity index (χ2v) is 5.36. The lowest BCUT2D eigenvalue weighted by molar-refractivity contribution is -0.115. The van der Waals surface area contributed by atoms with Gasteiger partial charge in [-0.3, -0.25) is 4.79 Å². The Bertz CT molecular complexity index is 248. The molecule has 0 aromatic rings. The van der Waals surface area contributed by atoms with Gasteiger partial charge in [0.25, 0.3) is 0 Å². The van der Waals surface area contributed by atoms with E-state index in [4.69, 9.17) is 0 Å². The SMILES string of the molecule is CC(C)(C)NCC(=O)C1=CCCCCC1. The van der Waals surface area contributed by atoms with E-state index < -0.39 is 0 Å². The Kier molecular flexibility index (Phi) is 4.52. The first-order valence-electron chi connectivity index (χ1n) is 5.96. The second-order valence-electron chi connectivity index (χ2n) is 5.36. The van der Waals surface area contributed by atoms with Crippen molar-refractivity contribution < 1.29 is 4.79 Å². The summed E-state index contributed by atoms with van der Waals surface area (Å²) in [6.45, 7) is 6.74. The van der Waals surface area contributed by atoms with Gasteiger partial charge < -0.3 is 5.32 Å². The Hall–Kier alpha value is -0.630. The van der Waals surface area contributed by atoms with E-state index in [1.165, 1.54) is 19.3 Å². The third-order valence-electron chi connectivity index (χ3n) is 2.68. The molecule has 2 nitrogen and oxygen atoms in total. The molecule has 0 bridgehead atoms. The molecule has 0 radical (unpaired) electrons. The van der Waals surface area contributed by atoms with Gasteiger partial charge in [0.15, 0.2) is 5.78 Å². The molecule has 1 aliphatic rings. The fourth-order valence-corrected chi connectivity index (χ4v) is 1.73. The quantitative estimate of drug-likeness (QED) is 0.774. The number of carbonyl (C=O) groups is 1. The highest BCUT2D eigenvalue weighted by Crippen LogP contribution is 2.17. The van der Waals surface area contributed by atoms with E-state index in [0.29, 0.717) is 6.54 Å². The molecule has 0 heterocycles. The van der Waals surface area contributed by atoms with Crippen LogP contribution in [0.2, 0.25) is 0 Å². The molecule has 0 saturated carbocycles. The van der Waals surface area contributed by atoms with Gasteiger partial charge in [-0.25, -0.2) is 0 Å². The van der Waals surface area contributed by atoms with Crippen molar-refractivity contribution in [3.05, 3.63) is 11.6 Å². The number of allylic oxidation sites excluding steroid dienone is 1. The summed E-state index contributed by atoms with van der Waals surface area (Å²) in [7, 11) is 0. The first kappa shape index (κ1) is 12.4. The van der Waals surface area contributed by atoms with Crippen LogP contribution in [0.25, 0.3) is 0 Å². The number of Topliss-reactive ketones (excluding diaryl/α,β-unsaturated/α-hetero) is 1. The average molecular weight is 209 g/mol. The maximum Gasteiger partial charge on any atom is 0.172 e. The van der Waals surface area contributed by atoms with E-state index in [1.54, 1.807) is 0 Å². The smallest absolute Gasteiger partial charge is 0.172 e. The number of nitrogens with one attached hydrogen (secondary N) is 1. The summed E-state index contributed by atoms with van der Waals surface area (Å²) in [5.41, 5.74) is 1.07. The van der Waals surface area contributed by atoms with Crippen molar-refractivity contribution in [3.63, 3.8) is 0 Å². The van der Waals surface area contributed by atoms with Crippen LogP contribution in [0.3, 0.4) is 0 Å². The molecular formula is C13H23NO. The Morgan fingerprint density at radius 1 is 1.33 bits per heavy atom. The lowest BCUT2D eigenvalue weighted by Gasteiger charge is -2.20. The summed E-state index contributed by atoms with van der Waals surface area (Å²) < 4.78 is 0. The van der Waals surface area contributed by atoms with E-state index in [9.17, 15) is 4.79 Å². The van der Waals surface area contributed by atoms with Crippen LogP contribution >= 0.6 is 0 Å². The van der Waals surface area contributed by atoms with Crippen LogP contribution in [0.4, 0.5) is 0 Å². The summed E-state index contributed by atoms with van der Waals surface area (Å²) >= 11 is 0. The summed E-state index contributed by atoms with van der Waals surface area (Å²) in [4.78, 5) is 11.9. The summed E-state index contributed by atoms with van der Waals surface area (Å²) in [6.07, 6.45) is 7.87. The first-order chi connectivity index (χ1) is 6.99. The van der Waals surface area contributed by atoms with Crippen LogP contribution in [0.5, 0.6) is 0 Å². The summed E-state index contributed by atoms with van der Waals surface area (Å²) in [6, 6.07) is 0. The molecular weight excluding hydrogens is 186 g/mol. The number of ketones is 1. The minimum absolute atomic E-state index is 0.0287. The minimum Gasteiger partial charge on any atom is -0.305 e. The molecule has 0 spiro atoms. The zero-order valence-electron chi connectivity index (χ0n) is 10.2. The van der Waals surface area contributed by atoms with Crippen LogP contribution in [-0.2, 0) is 4.79 Å². The van der Waals surface area contributed by atoms with E-state index in [-0.39, 0.29) is 11.3 Å². The lowest BCUT2D eigenvalue weighted by atomic mass is 10.0. The molecule has 0 amide bonds. The largest absolute Gasteiger partial charge is 0.305 e. The molecule has 0 unspecified atom stereocenters. The topological polar surface area (TPSA) is 29.1 Å². The molecule has 0 fully saturated rings. The van der Waals surface area contributed by atoms with Crippen LogP contribution < -0.4 is 5.32 Å². The van der Waals surface area contributed by atoms with Crippen molar-refractivity contribution in [3.8, 4) is 0 Å². The summed E-state index contributed by atoms with van der Waals surface area (Å²) in [5, 5.41) is 3.25. The van der Waals surface area contributed by atoms with Crippen molar-refractivity contribution in [2.24, 2.45) is 0 Å². The molecule has 0 aliphatic heterocycles. The van der Waals surface area contributed by atoms with Gasteiger partial charge in [-0.1, -0.05) is 12.5 Å². The average Bonchev–Trinajstić information content (AvgIpc) is 2.41. The van der Waals surface area contributed by atoms with Crippen LogP contribution in [0, 0.1) is 0 Å². The van der Waals surface area contributed by atoms with Gasteiger partial charge in [0, 0.05) is 5.54 Å². The molecule has 1 aliphatic carbocycles. The second kappa shape index (κ2) is 5.45. The van der Waals surface area contributed by atoms with Gasteiger partial charge in [-0.05, 0) is 52.0 Å². The molecule has 0 aromatic heterocycles. The normalized spacial score (nSPS) is 18.2. The van der Waals surface area contributed by atoms with Gasteiger partial charge in [0.1, 0.15) is 0 Å². The van der Waals surface area contributed by atoms with Crippen LogP contribution in [0.15, 0.2) is 11.6 Å². The number of carbonyl (C=O) groups excluding carboxylic acids is 1. The Labute approximate surface area is 93.1 Å². The van der Waals surface area contributed by atoms with Crippen molar-refractivity contribution in [2.75, 3.05) is 6.54 Å². The van der Waals surface area contributed by atoms with E-state index in [1.807, 2.05) is 0 Å². The van der Waals surface area contributed by atoms with Crippen molar-refractivity contribution in [1.82, 2.24) is 5.32 Å². The van der Waals surface area contributed by atoms with Crippen molar-refractivity contribution in [1.29, 1.82) is 0 Å². The number of hydrogen-bond acceptors (Lipinski definition) is 2. The lowest BCUT2D eigenvalue weighted by Crippen LogP contribution is -2.39. The van der Waals surface area contributed by atoms with E-state index in [2.05, 4.69) is 32.2 Å². The predicted molar refractivity (Wildman–Crippen MR) is 63.9 cm³/mol. The minimum atomic E-state index is 0.0287. The first-order valence-corrected chi connectivity index (χ1v) is 5.96. The monoisotopic (exact) mass is 209 g/mol. The molecule has 15 heavy (non-hydrogen) atoms. The van der Waals surface area contributed by atoms with Gasteiger partial charge >= 0.3 is 0 Å². The van der Waals surface area contributed by atoms with Gasteiger partial charge in [-0.2, -0.15) is 0 Å². The molecule has 2 heteroatoms. The standard InChI is InChI=1S/C13H23NO/c1-13(2,3)14-10-12(15)11-8-6-4-5-7-9-11/h8,14H,4-7,9-10H2,1-3H3. The molecule has 1 rings (SSSR count). The molecule has 0 aromatic carbocycles. The van der Waals surface area contributed by atoms with Gasteiger partial charge in [0.05, 0.1) is 6.54 Å². The summed E-state index contributed by atoms with van der Waals surface area (Å²) in [5.74, 6) is 0.284. The van der Waals surface area contributed by atoms with Crippen molar-refractivity contribution in [2.45, 2.75) is 58.4 Å². The Morgan fingerprint density at radius 2 is 2.07 bits per heavy atom. The molecule has 86 valence electrons. The highest BCUT2D eigenvalue weighted by atomic mass is 16.1. The fraction of sp³-hybridized carbons (Fsp3) is 0.769. The highest BCUT2D eigenvalue weighted by Gasteiger charge is 2.15. The Morgan fingerprint density at radius 3 is 2.73 bits per heavy atom. The van der Waals surface area contributed by atoms with Gasteiger partial charge in [-0.15, -0.1) is 0 Å². The zero-order valence-corrected chi connectivity index (χ0v) is 10.2. The van der Waals surface area contributed by atoms with Crippen LogP contribution in [-0.4, -0.2) is 17.9 Å². The van der Waals surface area contributed by atoms with E-state index >= 15 is 0 Å². The maximum absolute atomic E-state index is 11.9. The number of rotatable bonds is 3. The fourth-order valence-electron chi connectivity index (χ4n) is 1.73. The Balaban J connectivity index is 2.42. The number of hydrogen-bond donors (Lipinski definition) is 1. The third-order valence-corrected chi connectivity index (χ3v) is 2.68. The zero-order chi connectivity index (χ0) is 11.3. The molecule has 1 N–H and O–H groups in total. The van der Waals surface area contributed by atoms with E-state index in [0.717, 1.165) is 18.4 Å². The maximum atomic E-state index is 11.9. The highest BCUT2D eigenvalue weighted by molar-refractivity contribution is 5.96. The van der Waals surface area contributed by atoms with Crippen molar-refractivity contribution >= 4 is 5.78 Å². The molecule has 0 saturated heterocycles. The predicted octanol–water partition coefficient (Wildman–Crippen LogP) is 2.83. The third kappa shape index (κ3) is 5.12. The van der Waals surface area contributed by atoms with Gasteiger partial charge in [0.2, 0.25) is 0 Å². The molecule has 0 atom stereocenters. The van der Waals surface area contributed by atoms with Crippen LogP contribution in [0.1, 0.15) is 52.9 Å².